The lowest BCUT2D eigenvalue weighted by atomic mass is 10.2. The number of benzene rings is 1. The zero-order valence-corrected chi connectivity index (χ0v) is 15.1. The quantitative estimate of drug-likeness (QED) is 0.835. The van der Waals surface area contributed by atoms with Crippen LogP contribution in [0.5, 0.6) is 0 Å². The van der Waals surface area contributed by atoms with E-state index < -0.39 is 12.1 Å². The second kappa shape index (κ2) is 7.46. The Hall–Kier alpha value is -2.70. The van der Waals surface area contributed by atoms with Gasteiger partial charge in [-0.25, -0.2) is 9.78 Å². The maximum Gasteiger partial charge on any atom is 0.338 e. The molecule has 0 saturated heterocycles. The van der Waals surface area contributed by atoms with Gasteiger partial charge in [0.25, 0.3) is 11.5 Å². The lowest BCUT2D eigenvalue weighted by Gasteiger charge is -2.15. The molecule has 0 spiro atoms. The van der Waals surface area contributed by atoms with Crippen molar-refractivity contribution in [2.24, 2.45) is 0 Å². The first kappa shape index (κ1) is 18.6. The number of carbonyl (C=O) groups is 2. The summed E-state index contributed by atoms with van der Waals surface area (Å²) in [6, 6.07) is 4.78. The van der Waals surface area contributed by atoms with Crippen molar-refractivity contribution in [1.29, 1.82) is 0 Å². The van der Waals surface area contributed by atoms with Crippen LogP contribution in [0.15, 0.2) is 23.0 Å². The molecule has 25 heavy (non-hydrogen) atoms. The summed E-state index contributed by atoms with van der Waals surface area (Å²) in [5.41, 5.74) is 1.69. The number of ether oxygens (including phenoxy) is 1. The summed E-state index contributed by atoms with van der Waals surface area (Å²) in [6.45, 7) is 9.20. The van der Waals surface area contributed by atoms with Crippen molar-refractivity contribution in [3.05, 3.63) is 39.8 Å². The fourth-order valence-electron chi connectivity index (χ4n) is 2.50. The molecule has 0 aliphatic carbocycles. The van der Waals surface area contributed by atoms with Crippen molar-refractivity contribution in [3.63, 3.8) is 0 Å². The van der Waals surface area contributed by atoms with E-state index in [1.165, 1.54) is 6.92 Å². The fraction of sp³-hybridized carbons (Fsp3) is 0.444. The summed E-state index contributed by atoms with van der Waals surface area (Å²) in [7, 11) is 0. The van der Waals surface area contributed by atoms with Crippen molar-refractivity contribution in [3.8, 4) is 0 Å². The third kappa shape index (κ3) is 4.04. The van der Waals surface area contributed by atoms with Crippen LogP contribution in [0.4, 0.5) is 0 Å². The zero-order chi connectivity index (χ0) is 18.7. The monoisotopic (exact) mass is 345 g/mol. The van der Waals surface area contributed by atoms with Gasteiger partial charge in [0.05, 0.1) is 16.6 Å². The SMILES string of the molecule is CCn1c(=O)c(C)nc2cc(C(=O)O[C@H](C)C(=O)NC(C)C)ccc21. The topological polar surface area (TPSA) is 90.3 Å². The molecule has 1 atom stereocenters. The highest BCUT2D eigenvalue weighted by atomic mass is 16.5. The lowest BCUT2D eigenvalue weighted by Crippen LogP contribution is -2.39. The van der Waals surface area contributed by atoms with Crippen LogP contribution in [0.25, 0.3) is 11.0 Å². The van der Waals surface area contributed by atoms with Gasteiger partial charge in [-0.05, 0) is 52.8 Å². The Morgan fingerprint density at radius 3 is 2.56 bits per heavy atom. The van der Waals surface area contributed by atoms with E-state index in [0.29, 0.717) is 23.3 Å². The Balaban J connectivity index is 2.29. The van der Waals surface area contributed by atoms with E-state index in [1.807, 2.05) is 20.8 Å². The highest BCUT2D eigenvalue weighted by Gasteiger charge is 2.20. The van der Waals surface area contributed by atoms with Crippen LogP contribution in [0, 0.1) is 6.92 Å². The molecule has 7 nitrogen and oxygen atoms in total. The normalized spacial score (nSPS) is 12.2. The van der Waals surface area contributed by atoms with Gasteiger partial charge >= 0.3 is 5.97 Å². The minimum absolute atomic E-state index is 0.0349. The Labute approximate surface area is 146 Å². The van der Waals surface area contributed by atoms with E-state index in [4.69, 9.17) is 4.74 Å². The smallest absolute Gasteiger partial charge is 0.338 e. The van der Waals surface area contributed by atoms with Crippen molar-refractivity contribution in [2.45, 2.75) is 53.3 Å². The van der Waals surface area contributed by atoms with Crippen LogP contribution in [0.2, 0.25) is 0 Å². The van der Waals surface area contributed by atoms with E-state index in [1.54, 1.807) is 29.7 Å². The van der Waals surface area contributed by atoms with Gasteiger partial charge in [-0.2, -0.15) is 0 Å². The highest BCUT2D eigenvalue weighted by molar-refractivity contribution is 5.95. The van der Waals surface area contributed by atoms with E-state index in [2.05, 4.69) is 10.3 Å². The number of nitrogens with one attached hydrogen (secondary N) is 1. The van der Waals surface area contributed by atoms with Crippen LogP contribution >= 0.6 is 0 Å². The van der Waals surface area contributed by atoms with E-state index in [-0.39, 0.29) is 23.1 Å². The molecule has 1 heterocycles. The number of esters is 1. The Morgan fingerprint density at radius 2 is 1.96 bits per heavy atom. The molecule has 0 aliphatic rings. The number of aryl methyl sites for hydroxylation is 2. The van der Waals surface area contributed by atoms with Crippen molar-refractivity contribution in [2.75, 3.05) is 0 Å². The minimum atomic E-state index is -0.898. The van der Waals surface area contributed by atoms with Gasteiger partial charge in [0.15, 0.2) is 6.10 Å². The standard InChI is InChI=1S/C18H23N3O4/c1-6-21-15-8-7-13(9-14(15)20-11(4)17(21)23)18(24)25-12(5)16(22)19-10(2)3/h7-10,12H,6H2,1-5H3,(H,19,22)/t12-/m1/s1. The maximum absolute atomic E-state index is 12.3. The molecule has 0 radical (unpaired) electrons. The average Bonchev–Trinajstić information content (AvgIpc) is 2.54. The molecule has 0 unspecified atom stereocenters. The second-order valence-corrected chi connectivity index (χ2v) is 6.16. The minimum Gasteiger partial charge on any atom is -0.449 e. The number of carbonyl (C=O) groups excluding carboxylic acids is 2. The molecule has 0 fully saturated rings. The summed E-state index contributed by atoms with van der Waals surface area (Å²) in [4.78, 5) is 40.5. The van der Waals surface area contributed by atoms with Crippen LogP contribution < -0.4 is 10.9 Å². The number of aromatic nitrogens is 2. The molecule has 1 aromatic heterocycles. The first-order valence-electron chi connectivity index (χ1n) is 8.27. The summed E-state index contributed by atoms with van der Waals surface area (Å²) in [5, 5.41) is 2.69. The molecule has 0 saturated carbocycles. The average molecular weight is 345 g/mol. The third-order valence-electron chi connectivity index (χ3n) is 3.74. The summed E-state index contributed by atoms with van der Waals surface area (Å²) in [5.74, 6) is -0.958. The maximum atomic E-state index is 12.3. The molecule has 2 rings (SSSR count). The van der Waals surface area contributed by atoms with Gasteiger partial charge in [-0.3, -0.25) is 9.59 Å². The van der Waals surface area contributed by atoms with Gasteiger partial charge in [0, 0.05) is 12.6 Å². The van der Waals surface area contributed by atoms with Crippen LogP contribution in [-0.2, 0) is 16.1 Å². The van der Waals surface area contributed by atoms with E-state index in [0.717, 1.165) is 0 Å². The molecule has 0 aliphatic heterocycles. The molecule has 134 valence electrons. The van der Waals surface area contributed by atoms with Crippen molar-refractivity contribution in [1.82, 2.24) is 14.9 Å². The largest absolute Gasteiger partial charge is 0.449 e. The number of rotatable bonds is 5. The molecule has 1 amide bonds. The Bertz CT molecular complexity index is 870. The first-order valence-corrected chi connectivity index (χ1v) is 8.27. The number of hydrogen-bond donors (Lipinski definition) is 1. The summed E-state index contributed by atoms with van der Waals surface area (Å²) < 4.78 is 6.81. The third-order valence-corrected chi connectivity index (χ3v) is 3.74. The number of amides is 1. The predicted molar refractivity (Wildman–Crippen MR) is 94.6 cm³/mol. The number of fused-ring (bicyclic) bond motifs is 1. The molecule has 2 aromatic rings. The Morgan fingerprint density at radius 1 is 1.28 bits per heavy atom. The van der Waals surface area contributed by atoms with E-state index in [9.17, 15) is 14.4 Å². The number of hydrogen-bond acceptors (Lipinski definition) is 5. The van der Waals surface area contributed by atoms with Gasteiger partial charge in [0.2, 0.25) is 0 Å². The first-order chi connectivity index (χ1) is 11.7. The van der Waals surface area contributed by atoms with Crippen molar-refractivity contribution >= 4 is 22.9 Å². The summed E-state index contributed by atoms with van der Waals surface area (Å²) in [6.07, 6.45) is -0.898. The number of nitrogens with zero attached hydrogens (tertiary/aromatic N) is 2. The van der Waals surface area contributed by atoms with Gasteiger partial charge < -0.3 is 14.6 Å². The van der Waals surface area contributed by atoms with Gasteiger partial charge in [0.1, 0.15) is 5.69 Å². The molecule has 1 N–H and O–H groups in total. The van der Waals surface area contributed by atoms with E-state index >= 15 is 0 Å². The van der Waals surface area contributed by atoms with Crippen molar-refractivity contribution < 1.29 is 14.3 Å². The molecule has 0 bridgehead atoms. The van der Waals surface area contributed by atoms with Gasteiger partial charge in [-0.1, -0.05) is 0 Å². The fourth-order valence-corrected chi connectivity index (χ4v) is 2.50. The molecular weight excluding hydrogens is 322 g/mol. The highest BCUT2D eigenvalue weighted by Crippen LogP contribution is 2.15. The Kier molecular flexibility index (Phi) is 5.56. The summed E-state index contributed by atoms with van der Waals surface area (Å²) >= 11 is 0. The van der Waals surface area contributed by atoms with Crippen LogP contribution in [0.3, 0.4) is 0 Å². The molecular formula is C18H23N3O4. The van der Waals surface area contributed by atoms with Crippen LogP contribution in [0.1, 0.15) is 43.7 Å². The second-order valence-electron chi connectivity index (χ2n) is 6.16. The van der Waals surface area contributed by atoms with Crippen LogP contribution in [-0.4, -0.2) is 33.6 Å². The lowest BCUT2D eigenvalue weighted by molar-refractivity contribution is -0.129. The van der Waals surface area contributed by atoms with Gasteiger partial charge in [-0.15, -0.1) is 0 Å². The molecule has 7 heteroatoms. The predicted octanol–water partition coefficient (Wildman–Crippen LogP) is 1.79. The zero-order valence-electron chi connectivity index (χ0n) is 15.1. The molecule has 1 aromatic carbocycles.